The molecule has 3 aliphatic rings. The highest BCUT2D eigenvalue weighted by Crippen LogP contribution is 2.34. The minimum absolute atomic E-state index is 0.520. The molecule has 1 aliphatic carbocycles. The molecule has 1 saturated heterocycles. The molecule has 1 saturated carbocycles. The van der Waals surface area contributed by atoms with Gasteiger partial charge in [-0.05, 0) is 38.1 Å². The topological polar surface area (TPSA) is 46.0 Å². The van der Waals surface area contributed by atoms with E-state index in [2.05, 4.69) is 25.0 Å². The first kappa shape index (κ1) is 13.7. The maximum atomic E-state index is 4.55. The molecular formula is C16H27N5. The van der Waals surface area contributed by atoms with Crippen molar-refractivity contribution >= 4 is 0 Å². The lowest BCUT2D eigenvalue weighted by Gasteiger charge is -2.31. The largest absolute Gasteiger partial charge is 0.311 e. The molecule has 1 aromatic heterocycles. The number of nitrogens with one attached hydrogen (secondary N) is 1. The first-order chi connectivity index (χ1) is 10.4. The summed E-state index contributed by atoms with van der Waals surface area (Å²) in [4.78, 5) is 2.70. The molecule has 5 heteroatoms. The fourth-order valence-corrected chi connectivity index (χ4v) is 4.40. The second-order valence-electron chi connectivity index (χ2n) is 6.96. The monoisotopic (exact) mass is 289 g/mol. The number of nitrogens with zero attached hydrogens (tertiary/aromatic N) is 4. The van der Waals surface area contributed by atoms with Crippen LogP contribution >= 0.6 is 0 Å². The summed E-state index contributed by atoms with van der Waals surface area (Å²) >= 11 is 0. The molecule has 0 amide bonds. The summed E-state index contributed by atoms with van der Waals surface area (Å²) < 4.78 is 2.38. The van der Waals surface area contributed by atoms with Gasteiger partial charge in [-0.25, -0.2) is 0 Å². The Labute approximate surface area is 127 Å². The van der Waals surface area contributed by atoms with Gasteiger partial charge in [0.2, 0.25) is 0 Å². The van der Waals surface area contributed by atoms with Gasteiger partial charge in [0.05, 0.1) is 12.6 Å². The van der Waals surface area contributed by atoms with Crippen molar-refractivity contribution < 1.29 is 0 Å². The van der Waals surface area contributed by atoms with Crippen LogP contribution in [0.2, 0.25) is 0 Å². The highest BCUT2D eigenvalue weighted by molar-refractivity contribution is 5.05. The molecule has 116 valence electrons. The van der Waals surface area contributed by atoms with Crippen molar-refractivity contribution in [3.05, 3.63) is 11.6 Å². The van der Waals surface area contributed by atoms with Crippen LogP contribution in [0.1, 0.15) is 62.6 Å². The summed E-state index contributed by atoms with van der Waals surface area (Å²) in [6, 6.07) is 0.520. The normalized spacial score (nSPS) is 27.9. The van der Waals surface area contributed by atoms with E-state index >= 15 is 0 Å². The average molecular weight is 289 g/mol. The van der Waals surface area contributed by atoms with E-state index in [0.29, 0.717) is 6.04 Å². The number of hydrogen-bond donors (Lipinski definition) is 1. The molecule has 4 rings (SSSR count). The summed E-state index contributed by atoms with van der Waals surface area (Å²) in [5.74, 6) is 3.28. The Hall–Kier alpha value is -0.940. The number of likely N-dealkylation sites (tertiary alicyclic amines) is 1. The number of rotatable bonds is 3. The summed E-state index contributed by atoms with van der Waals surface area (Å²) in [5, 5.41) is 12.3. The molecule has 3 heterocycles. The minimum Gasteiger partial charge on any atom is -0.311 e. The van der Waals surface area contributed by atoms with Crippen molar-refractivity contribution in [1.29, 1.82) is 0 Å². The zero-order chi connectivity index (χ0) is 14.1. The Morgan fingerprint density at radius 2 is 1.90 bits per heavy atom. The molecule has 1 atom stereocenters. The van der Waals surface area contributed by atoms with Gasteiger partial charge in [0, 0.05) is 19.6 Å². The van der Waals surface area contributed by atoms with E-state index in [1.165, 1.54) is 63.9 Å². The molecule has 0 bridgehead atoms. The van der Waals surface area contributed by atoms with Gasteiger partial charge < -0.3 is 9.88 Å². The first-order valence-electron chi connectivity index (χ1n) is 8.78. The van der Waals surface area contributed by atoms with Crippen LogP contribution in [-0.4, -0.2) is 39.3 Å². The lowest BCUT2D eigenvalue weighted by Crippen LogP contribution is -2.34. The molecule has 1 N–H and O–H groups in total. The van der Waals surface area contributed by atoms with Crippen LogP contribution in [0.25, 0.3) is 0 Å². The van der Waals surface area contributed by atoms with Crippen molar-refractivity contribution in [3.63, 3.8) is 0 Å². The van der Waals surface area contributed by atoms with Crippen LogP contribution in [0, 0.1) is 5.92 Å². The third kappa shape index (κ3) is 2.73. The van der Waals surface area contributed by atoms with Crippen LogP contribution in [0.15, 0.2) is 0 Å². The van der Waals surface area contributed by atoms with Gasteiger partial charge in [0.1, 0.15) is 5.82 Å². The van der Waals surface area contributed by atoms with Gasteiger partial charge in [0.25, 0.3) is 0 Å². The fraction of sp³-hybridized carbons (Fsp3) is 0.875. The second-order valence-corrected chi connectivity index (χ2v) is 6.96. The van der Waals surface area contributed by atoms with Gasteiger partial charge >= 0.3 is 0 Å². The van der Waals surface area contributed by atoms with E-state index in [-0.39, 0.29) is 0 Å². The van der Waals surface area contributed by atoms with Gasteiger partial charge in [-0.2, -0.15) is 0 Å². The van der Waals surface area contributed by atoms with Crippen molar-refractivity contribution in [2.24, 2.45) is 5.92 Å². The predicted molar refractivity (Wildman–Crippen MR) is 81.9 cm³/mol. The molecular weight excluding hydrogens is 262 g/mol. The quantitative estimate of drug-likeness (QED) is 0.925. The zero-order valence-corrected chi connectivity index (χ0v) is 12.9. The lowest BCUT2D eigenvalue weighted by atomic mass is 9.89. The Bertz CT molecular complexity index is 477. The summed E-state index contributed by atoms with van der Waals surface area (Å²) in [5.41, 5.74) is 0. The minimum atomic E-state index is 0.520. The second kappa shape index (κ2) is 6.05. The smallest absolute Gasteiger partial charge is 0.150 e. The van der Waals surface area contributed by atoms with E-state index in [4.69, 9.17) is 0 Å². The highest BCUT2D eigenvalue weighted by Gasteiger charge is 2.33. The summed E-state index contributed by atoms with van der Waals surface area (Å²) in [7, 11) is 0. The zero-order valence-electron chi connectivity index (χ0n) is 12.9. The fourth-order valence-electron chi connectivity index (χ4n) is 4.40. The third-order valence-corrected chi connectivity index (χ3v) is 5.53. The third-order valence-electron chi connectivity index (χ3n) is 5.53. The SMILES string of the molecule is C1CCC(CN2CCC[C@@H]2c2nnc3n2CCNC3)CC1. The molecule has 0 aromatic carbocycles. The lowest BCUT2D eigenvalue weighted by molar-refractivity contribution is 0.180. The van der Waals surface area contributed by atoms with Crippen molar-refractivity contribution in [1.82, 2.24) is 25.0 Å². The van der Waals surface area contributed by atoms with Crippen molar-refractivity contribution in [3.8, 4) is 0 Å². The van der Waals surface area contributed by atoms with E-state index in [0.717, 1.165) is 31.4 Å². The summed E-state index contributed by atoms with van der Waals surface area (Å²) in [6.45, 7) is 5.49. The van der Waals surface area contributed by atoms with Crippen LogP contribution < -0.4 is 5.32 Å². The average Bonchev–Trinajstić information content (AvgIpc) is 3.14. The molecule has 0 unspecified atom stereocenters. The van der Waals surface area contributed by atoms with Crippen LogP contribution in [0.4, 0.5) is 0 Å². The standard InChI is InChI=1S/C16H27N5/c1-2-5-13(6-3-1)12-20-9-4-7-14(20)16-19-18-15-11-17-8-10-21(15)16/h13-14,17H,1-12H2/t14-/m1/s1. The van der Waals surface area contributed by atoms with Crippen molar-refractivity contribution in [2.75, 3.05) is 19.6 Å². The predicted octanol–water partition coefficient (Wildman–Crippen LogP) is 2.10. The molecule has 2 aliphatic heterocycles. The maximum Gasteiger partial charge on any atom is 0.150 e. The number of hydrogen-bond acceptors (Lipinski definition) is 4. The van der Waals surface area contributed by atoms with Crippen LogP contribution in [-0.2, 0) is 13.1 Å². The molecule has 0 radical (unpaired) electrons. The van der Waals surface area contributed by atoms with E-state index in [9.17, 15) is 0 Å². The Morgan fingerprint density at radius 1 is 1.00 bits per heavy atom. The van der Waals surface area contributed by atoms with Crippen LogP contribution in [0.5, 0.6) is 0 Å². The van der Waals surface area contributed by atoms with Gasteiger partial charge in [-0.3, -0.25) is 4.90 Å². The van der Waals surface area contributed by atoms with E-state index < -0.39 is 0 Å². The Morgan fingerprint density at radius 3 is 2.81 bits per heavy atom. The van der Waals surface area contributed by atoms with Gasteiger partial charge in [0.15, 0.2) is 5.82 Å². The van der Waals surface area contributed by atoms with Crippen LogP contribution in [0.3, 0.4) is 0 Å². The molecule has 0 spiro atoms. The van der Waals surface area contributed by atoms with E-state index in [1.54, 1.807) is 0 Å². The first-order valence-corrected chi connectivity index (χ1v) is 8.78. The number of fused-ring (bicyclic) bond motifs is 1. The molecule has 5 nitrogen and oxygen atoms in total. The van der Waals surface area contributed by atoms with Gasteiger partial charge in [-0.1, -0.05) is 19.3 Å². The highest BCUT2D eigenvalue weighted by atomic mass is 15.3. The van der Waals surface area contributed by atoms with Gasteiger partial charge in [-0.15, -0.1) is 10.2 Å². The molecule has 1 aromatic rings. The van der Waals surface area contributed by atoms with Crippen molar-refractivity contribution in [2.45, 2.75) is 64.1 Å². The van der Waals surface area contributed by atoms with E-state index in [1.807, 2.05) is 0 Å². The molecule has 2 fully saturated rings. The molecule has 21 heavy (non-hydrogen) atoms. The number of aromatic nitrogens is 3. The Kier molecular flexibility index (Phi) is 3.95. The summed E-state index contributed by atoms with van der Waals surface area (Å²) in [6.07, 6.45) is 9.78. The maximum absolute atomic E-state index is 4.55. The Balaban J connectivity index is 1.49.